The van der Waals surface area contributed by atoms with Crippen molar-refractivity contribution < 1.29 is 52.8 Å². The molecule has 10 rings (SSSR count). The number of hydrogen-bond acceptors (Lipinski definition) is 13. The molecule has 2 aromatic carbocycles. The Bertz CT molecular complexity index is 3280. The van der Waals surface area contributed by atoms with Gasteiger partial charge in [-0.3, -0.25) is 33.0 Å². The van der Waals surface area contributed by atoms with Crippen LogP contribution in [0.4, 0.5) is 9.59 Å². The number of aliphatic carboxylic acids is 1. The molecule has 5 amide bonds. The largest absolute Gasteiger partial charge is 0.480 e. The molecule has 4 aliphatic heterocycles. The van der Waals surface area contributed by atoms with Crippen molar-refractivity contribution in [2.45, 2.75) is 154 Å². The Kier molecular flexibility index (Phi) is 21.9. The standard InChI is InChI=1S/C33H43N5O5.C17H17N3.C16H28N2O6/c1-22(36(5)32(41)43-33(2,3)4)30(39)35-29(24-16-19-42-20-17-24)31(40)37-18-10-14-27(37)25-21-38-26(13-9-15-28(38)34-25)23-11-7-6-8-12-23;1-2-6-13(7-3-1)16-9-4-10-17-19-15(12-20(16)17)14-8-5-11-18-14;1-10(18(5)15(22)24-16(2,3)4)13(19)17-12(14(20)21)11-6-8-23-9-7-11/h6-9,11-13,15,21-22,24,27,29H,10,14,16-20H2,1-5H3,(H,35,39);1-4,6-7,9-10,12,14,18H,5,8,11H2;10-12H,6-9H2,1-5H3,(H,17,19)(H,20,21)/t22-,27-,29-;14-;10-,12-/m000/s1. The molecule has 0 unspecified atom stereocenters. The van der Waals surface area contributed by atoms with Crippen molar-refractivity contribution in [3.63, 3.8) is 0 Å². The summed E-state index contributed by atoms with van der Waals surface area (Å²) >= 11 is 0. The van der Waals surface area contributed by atoms with E-state index in [1.54, 1.807) is 48.5 Å². The summed E-state index contributed by atoms with van der Waals surface area (Å²) in [6, 6.07) is 29.8. The first-order valence-corrected chi connectivity index (χ1v) is 30.5. The summed E-state index contributed by atoms with van der Waals surface area (Å²) in [5, 5.41) is 18.5. The number of imidazole rings is 2. The molecule has 0 spiro atoms. The fraction of sp³-hybridized carbons (Fsp3) is 0.515. The third-order valence-corrected chi connectivity index (χ3v) is 16.3. The van der Waals surface area contributed by atoms with Gasteiger partial charge in [-0.1, -0.05) is 72.8 Å². The van der Waals surface area contributed by atoms with Gasteiger partial charge in [0.15, 0.2) is 0 Å². The number of carboxylic acids is 1. The molecule has 4 N–H and O–H groups in total. The highest BCUT2D eigenvalue weighted by Crippen LogP contribution is 2.35. The maximum absolute atomic E-state index is 14.3. The Morgan fingerprint density at radius 1 is 0.598 bits per heavy atom. The van der Waals surface area contributed by atoms with E-state index in [-0.39, 0.29) is 23.8 Å². The minimum atomic E-state index is -1.08. The van der Waals surface area contributed by atoms with E-state index in [0.717, 1.165) is 58.2 Å². The number of nitrogens with one attached hydrogen (secondary N) is 3. The first kappa shape index (κ1) is 65.1. The molecular weight excluding hydrogens is 1110 g/mol. The van der Waals surface area contributed by atoms with E-state index in [1.807, 2.05) is 47.5 Å². The Morgan fingerprint density at radius 2 is 1.05 bits per heavy atom. The van der Waals surface area contributed by atoms with Crippen LogP contribution in [-0.4, -0.2) is 163 Å². The van der Waals surface area contributed by atoms with Gasteiger partial charge in [0.05, 0.1) is 34.9 Å². The van der Waals surface area contributed by atoms with Crippen molar-refractivity contribution in [1.29, 1.82) is 0 Å². The number of rotatable bonds is 14. The van der Waals surface area contributed by atoms with Crippen molar-refractivity contribution in [3.8, 4) is 22.5 Å². The minimum absolute atomic E-state index is 0.0729. The van der Waals surface area contributed by atoms with Crippen LogP contribution in [0.15, 0.2) is 109 Å². The second-order valence-electron chi connectivity index (χ2n) is 24.9. The van der Waals surface area contributed by atoms with Crippen LogP contribution in [0.25, 0.3) is 33.8 Å². The third-order valence-electron chi connectivity index (χ3n) is 16.3. The van der Waals surface area contributed by atoms with Crippen LogP contribution in [0.3, 0.4) is 0 Å². The lowest BCUT2D eigenvalue weighted by atomic mass is 9.90. The number of amides is 5. The lowest BCUT2D eigenvalue weighted by Gasteiger charge is -2.36. The minimum Gasteiger partial charge on any atom is -0.480 e. The van der Waals surface area contributed by atoms with Gasteiger partial charge in [-0.2, -0.15) is 0 Å². The predicted octanol–water partition coefficient (Wildman–Crippen LogP) is 9.50. The number of fused-ring (bicyclic) bond motifs is 2. The van der Waals surface area contributed by atoms with Crippen LogP contribution >= 0.6 is 0 Å². The average molecular weight is 1200 g/mol. The number of likely N-dealkylation sites (tertiary alicyclic amines) is 1. The predicted molar refractivity (Wildman–Crippen MR) is 330 cm³/mol. The van der Waals surface area contributed by atoms with E-state index in [0.29, 0.717) is 64.7 Å². The van der Waals surface area contributed by atoms with Crippen molar-refractivity contribution in [3.05, 3.63) is 121 Å². The van der Waals surface area contributed by atoms with E-state index in [2.05, 4.69) is 91.6 Å². The van der Waals surface area contributed by atoms with Gasteiger partial charge in [0.1, 0.15) is 46.7 Å². The molecule has 468 valence electrons. The summed E-state index contributed by atoms with van der Waals surface area (Å²) < 4.78 is 25.7. The number of aromatic nitrogens is 4. The Hall–Kier alpha value is -7.88. The van der Waals surface area contributed by atoms with E-state index < -0.39 is 65.3 Å². The fourth-order valence-electron chi connectivity index (χ4n) is 11.3. The van der Waals surface area contributed by atoms with Crippen LogP contribution in [0.1, 0.15) is 130 Å². The number of carboxylic acid groups (broad SMARTS) is 1. The maximum Gasteiger partial charge on any atom is 0.410 e. The van der Waals surface area contributed by atoms with Crippen LogP contribution in [0.2, 0.25) is 0 Å². The van der Waals surface area contributed by atoms with Crippen LogP contribution in [-0.2, 0) is 38.1 Å². The van der Waals surface area contributed by atoms with Gasteiger partial charge in [0.25, 0.3) is 0 Å². The van der Waals surface area contributed by atoms with Gasteiger partial charge in [-0.05, 0) is 161 Å². The highest BCUT2D eigenvalue weighted by molar-refractivity contribution is 5.92. The number of ether oxygens (including phenoxy) is 4. The van der Waals surface area contributed by atoms with Crippen molar-refractivity contribution in [2.75, 3.05) is 53.6 Å². The Balaban J connectivity index is 0.000000187. The molecule has 6 atom stereocenters. The summed E-state index contributed by atoms with van der Waals surface area (Å²) in [5.41, 5.74) is 7.02. The summed E-state index contributed by atoms with van der Waals surface area (Å²) in [6.45, 7) is 17.4. The van der Waals surface area contributed by atoms with Gasteiger partial charge >= 0.3 is 18.2 Å². The Morgan fingerprint density at radius 3 is 1.49 bits per heavy atom. The van der Waals surface area contributed by atoms with E-state index in [9.17, 15) is 33.9 Å². The second-order valence-corrected chi connectivity index (χ2v) is 24.9. The highest BCUT2D eigenvalue weighted by atomic mass is 16.6. The quantitative estimate of drug-likeness (QED) is 0.0795. The molecular formula is C66H88N10O11. The number of carbonyl (C=O) groups excluding carboxylic acids is 5. The summed E-state index contributed by atoms with van der Waals surface area (Å²) in [7, 11) is 2.98. The van der Waals surface area contributed by atoms with Crippen LogP contribution < -0.4 is 16.0 Å². The third kappa shape index (κ3) is 17.0. The average Bonchev–Trinajstić information content (AvgIpc) is 1.85. The zero-order valence-corrected chi connectivity index (χ0v) is 52.1. The van der Waals surface area contributed by atoms with Gasteiger partial charge in [0.2, 0.25) is 17.7 Å². The fourth-order valence-corrected chi connectivity index (χ4v) is 11.3. The molecule has 4 fully saturated rings. The topological polar surface area (TPSA) is 240 Å². The van der Waals surface area contributed by atoms with Crippen LogP contribution in [0.5, 0.6) is 0 Å². The van der Waals surface area contributed by atoms with E-state index in [1.165, 1.54) is 50.0 Å². The SMILES string of the molecule is C[C@@H](C(=O)N[C@H](C(=O)N1CCC[C@H]1c1cn2c(-c3ccccc3)cccc2n1)C1CCOCC1)N(C)C(=O)OC(C)(C)C.C[C@@H](C(=O)N[C@H](C(=O)O)C1CCOCC1)N(C)C(=O)OC(C)(C)C.c1ccc(-c2cccc3nc([C@@H]4CCCN4)cn23)cc1. The zero-order chi connectivity index (χ0) is 62.6. The van der Waals surface area contributed by atoms with Crippen molar-refractivity contribution in [1.82, 2.24) is 49.4 Å². The van der Waals surface area contributed by atoms with E-state index in [4.69, 9.17) is 28.9 Å². The first-order chi connectivity index (χ1) is 41.5. The first-order valence-electron chi connectivity index (χ1n) is 30.5. The molecule has 4 saturated heterocycles. The highest BCUT2D eigenvalue weighted by Gasteiger charge is 2.41. The van der Waals surface area contributed by atoms with E-state index >= 15 is 0 Å². The number of nitrogens with zero attached hydrogens (tertiary/aromatic N) is 7. The summed E-state index contributed by atoms with van der Waals surface area (Å²) in [4.78, 5) is 90.3. The number of hydrogen-bond donors (Lipinski definition) is 4. The normalized spacial score (nSPS) is 18.9. The number of likely N-dealkylation sites (N-methyl/N-ethyl adjacent to an activating group) is 2. The molecule has 8 heterocycles. The number of carbonyl (C=O) groups is 6. The molecule has 87 heavy (non-hydrogen) atoms. The van der Waals surface area contributed by atoms with Gasteiger partial charge in [0, 0.05) is 59.5 Å². The smallest absolute Gasteiger partial charge is 0.410 e. The summed E-state index contributed by atoms with van der Waals surface area (Å²) in [5.74, 6) is -2.37. The van der Waals surface area contributed by atoms with Gasteiger partial charge < -0.3 is 44.9 Å². The number of benzene rings is 2. The monoisotopic (exact) mass is 1200 g/mol. The van der Waals surface area contributed by atoms with Gasteiger partial charge in [-0.15, -0.1) is 0 Å². The Labute approximate surface area is 510 Å². The van der Waals surface area contributed by atoms with Crippen molar-refractivity contribution in [2.24, 2.45) is 11.8 Å². The van der Waals surface area contributed by atoms with Gasteiger partial charge in [-0.25, -0.2) is 24.4 Å². The molecule has 0 aliphatic carbocycles. The molecule has 0 bridgehead atoms. The molecule has 6 aromatic rings. The lowest BCUT2D eigenvalue weighted by Crippen LogP contribution is -2.57. The molecule has 0 saturated carbocycles. The summed E-state index contributed by atoms with van der Waals surface area (Å²) in [6.07, 6.45) is 9.54. The lowest BCUT2D eigenvalue weighted by molar-refractivity contribution is -0.145. The molecule has 4 aliphatic rings. The zero-order valence-electron chi connectivity index (χ0n) is 52.1. The molecule has 21 heteroatoms. The van der Waals surface area contributed by atoms with Crippen molar-refractivity contribution >= 4 is 47.2 Å². The second kappa shape index (κ2) is 29.2. The maximum atomic E-state index is 14.3. The van der Waals surface area contributed by atoms with Crippen LogP contribution in [0, 0.1) is 11.8 Å². The number of pyridine rings is 2. The molecule has 4 aromatic heterocycles. The molecule has 21 nitrogen and oxygen atoms in total. The molecule has 0 radical (unpaired) electrons.